The summed E-state index contributed by atoms with van der Waals surface area (Å²) >= 11 is 0. The molecular formula is C24H23N3O6. The molecule has 1 heterocycles. The number of carbonyl (C=O) groups is 2. The molecule has 3 aromatic rings. The Bertz CT molecular complexity index is 1150. The maximum absolute atomic E-state index is 12.4. The minimum Gasteiger partial charge on any atom is -0.481 e. The fourth-order valence-electron chi connectivity index (χ4n) is 3.73. The molecule has 0 bridgehead atoms. The first-order chi connectivity index (χ1) is 16.0. The van der Waals surface area contributed by atoms with Crippen LogP contribution in [0.3, 0.4) is 0 Å². The largest absolute Gasteiger partial charge is 0.481 e. The number of rotatable bonds is 7. The molecule has 0 atom stereocenters. The van der Waals surface area contributed by atoms with Gasteiger partial charge in [-0.2, -0.15) is 0 Å². The first kappa shape index (κ1) is 22.1. The number of anilines is 1. The lowest BCUT2D eigenvalue weighted by atomic mass is 10.1. The van der Waals surface area contributed by atoms with Crippen molar-refractivity contribution in [2.24, 2.45) is 0 Å². The van der Waals surface area contributed by atoms with Crippen LogP contribution in [0.5, 0.6) is 5.75 Å². The van der Waals surface area contributed by atoms with Crippen LogP contribution in [-0.4, -0.2) is 61.1 Å². The molecule has 1 saturated heterocycles. The normalized spacial score (nSPS) is 13.6. The smallest absolute Gasteiger partial charge is 0.344 e. The van der Waals surface area contributed by atoms with E-state index >= 15 is 0 Å². The molecule has 1 aliphatic rings. The summed E-state index contributed by atoms with van der Waals surface area (Å²) < 4.78 is 10.7. The van der Waals surface area contributed by atoms with E-state index in [0.717, 1.165) is 16.5 Å². The Kier molecular flexibility index (Phi) is 6.68. The second-order valence-electron chi connectivity index (χ2n) is 7.57. The maximum atomic E-state index is 12.4. The number of amides is 1. The molecule has 0 spiro atoms. The van der Waals surface area contributed by atoms with Gasteiger partial charge in [0.25, 0.3) is 11.6 Å². The highest BCUT2D eigenvalue weighted by atomic mass is 16.6. The van der Waals surface area contributed by atoms with Crippen molar-refractivity contribution in [1.82, 2.24) is 4.90 Å². The predicted molar refractivity (Wildman–Crippen MR) is 122 cm³/mol. The molecule has 0 aliphatic carbocycles. The zero-order valence-corrected chi connectivity index (χ0v) is 17.9. The number of hydrogen-bond donors (Lipinski definition) is 0. The van der Waals surface area contributed by atoms with Crippen molar-refractivity contribution in [3.8, 4) is 5.75 Å². The Morgan fingerprint density at radius 3 is 2.30 bits per heavy atom. The first-order valence-electron chi connectivity index (χ1n) is 10.5. The van der Waals surface area contributed by atoms with Crippen LogP contribution < -0.4 is 9.64 Å². The van der Waals surface area contributed by atoms with Gasteiger partial charge in [0.15, 0.2) is 13.2 Å². The van der Waals surface area contributed by atoms with Gasteiger partial charge in [-0.3, -0.25) is 14.9 Å². The number of nitrogens with zero attached hydrogens (tertiary/aromatic N) is 3. The number of non-ortho nitro benzene ring substituents is 1. The average Bonchev–Trinajstić information content (AvgIpc) is 2.86. The van der Waals surface area contributed by atoms with Gasteiger partial charge in [-0.25, -0.2) is 4.79 Å². The Balaban J connectivity index is 1.21. The molecule has 3 aromatic carbocycles. The van der Waals surface area contributed by atoms with Gasteiger partial charge in [0.05, 0.1) is 4.92 Å². The van der Waals surface area contributed by atoms with Gasteiger partial charge in [0.1, 0.15) is 5.75 Å². The SMILES string of the molecule is O=C(COc1cccc2ccccc12)OCC(=O)N1CCN(c2ccc([N+](=O)[O-])cc2)CC1. The summed E-state index contributed by atoms with van der Waals surface area (Å²) in [5, 5.41) is 12.7. The van der Waals surface area contributed by atoms with E-state index in [9.17, 15) is 19.7 Å². The number of nitro groups is 1. The fraction of sp³-hybridized carbons (Fsp3) is 0.250. The van der Waals surface area contributed by atoms with Gasteiger partial charge >= 0.3 is 5.97 Å². The number of ether oxygens (including phenoxy) is 2. The van der Waals surface area contributed by atoms with E-state index in [1.54, 1.807) is 23.1 Å². The summed E-state index contributed by atoms with van der Waals surface area (Å²) in [6.45, 7) is 1.49. The van der Waals surface area contributed by atoms with Crippen molar-refractivity contribution in [1.29, 1.82) is 0 Å². The number of piperazine rings is 1. The van der Waals surface area contributed by atoms with Crippen molar-refractivity contribution in [2.45, 2.75) is 0 Å². The van der Waals surface area contributed by atoms with Crippen LogP contribution in [0.4, 0.5) is 11.4 Å². The van der Waals surface area contributed by atoms with E-state index < -0.39 is 10.9 Å². The highest BCUT2D eigenvalue weighted by Gasteiger charge is 2.22. The number of nitro benzene ring substituents is 1. The molecular weight excluding hydrogens is 426 g/mol. The molecule has 0 unspecified atom stereocenters. The summed E-state index contributed by atoms with van der Waals surface area (Å²) in [7, 11) is 0. The molecule has 9 nitrogen and oxygen atoms in total. The number of fused-ring (bicyclic) bond motifs is 1. The molecule has 1 amide bonds. The topological polar surface area (TPSA) is 102 Å². The van der Waals surface area contributed by atoms with E-state index in [0.29, 0.717) is 31.9 Å². The average molecular weight is 449 g/mol. The minimum absolute atomic E-state index is 0.0406. The molecule has 9 heteroatoms. The van der Waals surface area contributed by atoms with E-state index in [-0.39, 0.29) is 24.8 Å². The highest BCUT2D eigenvalue weighted by Crippen LogP contribution is 2.25. The minimum atomic E-state index is -0.610. The molecule has 1 fully saturated rings. The van der Waals surface area contributed by atoms with Crippen molar-refractivity contribution < 1.29 is 24.0 Å². The van der Waals surface area contributed by atoms with Crippen LogP contribution in [0.1, 0.15) is 0 Å². The van der Waals surface area contributed by atoms with Gasteiger partial charge < -0.3 is 19.3 Å². The highest BCUT2D eigenvalue weighted by molar-refractivity contribution is 5.88. The van der Waals surface area contributed by atoms with Crippen molar-refractivity contribution >= 4 is 34.0 Å². The Morgan fingerprint density at radius 1 is 0.879 bits per heavy atom. The van der Waals surface area contributed by atoms with Crippen molar-refractivity contribution in [2.75, 3.05) is 44.3 Å². The van der Waals surface area contributed by atoms with Gasteiger partial charge in [0, 0.05) is 49.4 Å². The monoisotopic (exact) mass is 449 g/mol. The molecule has 170 valence electrons. The third kappa shape index (κ3) is 5.38. The van der Waals surface area contributed by atoms with Gasteiger partial charge in [-0.15, -0.1) is 0 Å². The number of hydrogen-bond acceptors (Lipinski definition) is 7. The maximum Gasteiger partial charge on any atom is 0.344 e. The summed E-state index contributed by atoms with van der Waals surface area (Å²) in [5.41, 5.74) is 0.906. The Labute approximate surface area is 190 Å². The molecule has 0 radical (unpaired) electrons. The summed E-state index contributed by atoms with van der Waals surface area (Å²) in [6.07, 6.45) is 0. The lowest BCUT2D eigenvalue weighted by molar-refractivity contribution is -0.384. The van der Waals surface area contributed by atoms with Gasteiger partial charge in [-0.05, 0) is 23.6 Å². The summed E-state index contributed by atoms with van der Waals surface area (Å²) in [4.78, 5) is 38.5. The van der Waals surface area contributed by atoms with Gasteiger partial charge in [-0.1, -0.05) is 36.4 Å². The van der Waals surface area contributed by atoms with Crippen LogP contribution in [0, 0.1) is 10.1 Å². The summed E-state index contributed by atoms with van der Waals surface area (Å²) in [6, 6.07) is 19.6. The molecule has 33 heavy (non-hydrogen) atoms. The standard InChI is InChI=1S/C24H23N3O6/c28-23(26-14-12-25(13-15-26)19-8-10-20(11-9-19)27(30)31)16-33-24(29)17-32-22-7-3-5-18-4-1-2-6-21(18)22/h1-11H,12-17H2. The summed E-state index contributed by atoms with van der Waals surface area (Å²) in [5.74, 6) is -0.295. The molecule has 4 rings (SSSR count). The van der Waals surface area contributed by atoms with E-state index in [4.69, 9.17) is 9.47 Å². The number of benzene rings is 3. The lowest BCUT2D eigenvalue weighted by Gasteiger charge is -2.36. The van der Waals surface area contributed by atoms with Crippen LogP contribution in [0.25, 0.3) is 10.8 Å². The number of esters is 1. The molecule has 0 N–H and O–H groups in total. The zero-order chi connectivity index (χ0) is 23.2. The van der Waals surface area contributed by atoms with E-state index in [1.807, 2.05) is 36.4 Å². The van der Waals surface area contributed by atoms with E-state index in [2.05, 4.69) is 4.90 Å². The van der Waals surface area contributed by atoms with Crippen LogP contribution >= 0.6 is 0 Å². The van der Waals surface area contributed by atoms with Crippen molar-refractivity contribution in [3.63, 3.8) is 0 Å². The fourth-order valence-corrected chi connectivity index (χ4v) is 3.73. The lowest BCUT2D eigenvalue weighted by Crippen LogP contribution is -2.50. The van der Waals surface area contributed by atoms with Crippen molar-refractivity contribution in [3.05, 3.63) is 76.8 Å². The second-order valence-corrected chi connectivity index (χ2v) is 7.57. The Morgan fingerprint density at radius 2 is 1.58 bits per heavy atom. The molecule has 0 saturated carbocycles. The third-order valence-electron chi connectivity index (χ3n) is 5.51. The van der Waals surface area contributed by atoms with Gasteiger partial charge in [0.2, 0.25) is 0 Å². The predicted octanol–water partition coefficient (Wildman–Crippen LogP) is 3.02. The van der Waals surface area contributed by atoms with Crippen LogP contribution in [0.15, 0.2) is 66.7 Å². The molecule has 1 aliphatic heterocycles. The van der Waals surface area contributed by atoms with Crippen LogP contribution in [-0.2, 0) is 14.3 Å². The number of carbonyl (C=O) groups excluding carboxylic acids is 2. The van der Waals surface area contributed by atoms with Crippen LogP contribution in [0.2, 0.25) is 0 Å². The Hall–Kier alpha value is -4.14. The quantitative estimate of drug-likeness (QED) is 0.310. The molecule has 0 aromatic heterocycles. The second kappa shape index (κ2) is 9.99. The first-order valence-corrected chi connectivity index (χ1v) is 10.5. The zero-order valence-electron chi connectivity index (χ0n) is 17.9. The van der Waals surface area contributed by atoms with E-state index in [1.165, 1.54) is 12.1 Å². The third-order valence-corrected chi connectivity index (χ3v) is 5.51.